The summed E-state index contributed by atoms with van der Waals surface area (Å²) >= 11 is 0. The molecule has 1 fully saturated rings. The minimum Gasteiger partial charge on any atom is -0.465 e. The molecule has 0 bridgehead atoms. The molecule has 6 heteroatoms. The van der Waals surface area contributed by atoms with E-state index in [0.717, 1.165) is 25.9 Å². The summed E-state index contributed by atoms with van der Waals surface area (Å²) in [5, 5.41) is 3.16. The van der Waals surface area contributed by atoms with Crippen LogP contribution in [-0.2, 0) is 9.47 Å². The SMILES string of the molecule is COC(=O)c1cnc(C)nc1NCCC1CCCO1. The van der Waals surface area contributed by atoms with E-state index < -0.39 is 5.97 Å². The van der Waals surface area contributed by atoms with Gasteiger partial charge in [-0.3, -0.25) is 0 Å². The number of nitrogens with zero attached hydrogens (tertiary/aromatic N) is 2. The van der Waals surface area contributed by atoms with Gasteiger partial charge in [0.25, 0.3) is 0 Å². The number of ether oxygens (including phenoxy) is 2. The minimum absolute atomic E-state index is 0.317. The molecule has 0 amide bonds. The summed E-state index contributed by atoms with van der Waals surface area (Å²) in [4.78, 5) is 19.9. The first kappa shape index (κ1) is 13.7. The molecule has 1 aliphatic heterocycles. The third kappa shape index (κ3) is 3.64. The van der Waals surface area contributed by atoms with E-state index in [1.165, 1.54) is 13.3 Å². The summed E-state index contributed by atoms with van der Waals surface area (Å²) in [6, 6.07) is 0. The number of esters is 1. The largest absolute Gasteiger partial charge is 0.465 e. The molecule has 1 unspecified atom stereocenters. The van der Waals surface area contributed by atoms with E-state index in [2.05, 4.69) is 15.3 Å². The number of hydrogen-bond acceptors (Lipinski definition) is 6. The quantitative estimate of drug-likeness (QED) is 0.814. The van der Waals surface area contributed by atoms with Crippen molar-refractivity contribution in [3.63, 3.8) is 0 Å². The Morgan fingerprint density at radius 1 is 1.63 bits per heavy atom. The topological polar surface area (TPSA) is 73.3 Å². The van der Waals surface area contributed by atoms with Crippen LogP contribution < -0.4 is 5.32 Å². The second-order valence-electron chi connectivity index (χ2n) is 4.52. The first-order valence-electron chi connectivity index (χ1n) is 6.48. The maximum absolute atomic E-state index is 11.6. The predicted molar refractivity (Wildman–Crippen MR) is 70.2 cm³/mol. The molecular weight excluding hydrogens is 246 g/mol. The van der Waals surface area contributed by atoms with Crippen LogP contribution in [-0.4, -0.2) is 42.3 Å². The van der Waals surface area contributed by atoms with Crippen LogP contribution >= 0.6 is 0 Å². The van der Waals surface area contributed by atoms with E-state index in [1.807, 2.05) is 0 Å². The van der Waals surface area contributed by atoms with Gasteiger partial charge in [-0.1, -0.05) is 0 Å². The van der Waals surface area contributed by atoms with Gasteiger partial charge in [0.05, 0.1) is 13.2 Å². The molecular formula is C13H19N3O3. The smallest absolute Gasteiger partial charge is 0.343 e. The Morgan fingerprint density at radius 2 is 2.47 bits per heavy atom. The second-order valence-corrected chi connectivity index (χ2v) is 4.52. The van der Waals surface area contributed by atoms with Gasteiger partial charge in [-0.05, 0) is 26.2 Å². The van der Waals surface area contributed by atoms with Crippen molar-refractivity contribution in [1.29, 1.82) is 0 Å². The highest BCUT2D eigenvalue weighted by molar-refractivity contribution is 5.94. The lowest BCUT2D eigenvalue weighted by molar-refractivity contribution is 0.0601. The van der Waals surface area contributed by atoms with Gasteiger partial charge in [0.1, 0.15) is 17.2 Å². The summed E-state index contributed by atoms with van der Waals surface area (Å²) in [6.45, 7) is 3.35. The van der Waals surface area contributed by atoms with Crippen molar-refractivity contribution in [3.05, 3.63) is 17.6 Å². The van der Waals surface area contributed by atoms with E-state index in [9.17, 15) is 4.79 Å². The number of aryl methyl sites for hydroxylation is 1. The molecule has 0 radical (unpaired) electrons. The highest BCUT2D eigenvalue weighted by Crippen LogP contribution is 2.17. The van der Waals surface area contributed by atoms with Crippen molar-refractivity contribution in [2.75, 3.05) is 25.6 Å². The van der Waals surface area contributed by atoms with E-state index >= 15 is 0 Å². The van der Waals surface area contributed by atoms with Crippen LogP contribution in [0, 0.1) is 6.92 Å². The molecule has 1 atom stereocenters. The molecule has 1 aromatic rings. The standard InChI is InChI=1S/C13H19N3O3/c1-9-15-8-11(13(17)18-2)12(16-9)14-6-5-10-4-3-7-19-10/h8,10H,3-7H2,1-2H3,(H,14,15,16). The lowest BCUT2D eigenvalue weighted by Crippen LogP contribution is -2.16. The van der Waals surface area contributed by atoms with Crippen molar-refractivity contribution in [2.24, 2.45) is 0 Å². The van der Waals surface area contributed by atoms with Gasteiger partial charge in [0, 0.05) is 19.3 Å². The zero-order chi connectivity index (χ0) is 13.7. The Bertz CT molecular complexity index is 445. The molecule has 104 valence electrons. The number of carbonyl (C=O) groups is 1. The second kappa shape index (κ2) is 6.47. The summed E-state index contributed by atoms with van der Waals surface area (Å²) in [6.07, 6.45) is 4.95. The number of aromatic nitrogens is 2. The molecule has 0 spiro atoms. The van der Waals surface area contributed by atoms with Crippen LogP contribution in [0.3, 0.4) is 0 Å². The maximum atomic E-state index is 11.6. The number of anilines is 1. The Balaban J connectivity index is 1.97. The molecule has 1 aromatic heterocycles. The summed E-state index contributed by atoms with van der Waals surface area (Å²) in [5.74, 6) is 0.712. The maximum Gasteiger partial charge on any atom is 0.343 e. The zero-order valence-electron chi connectivity index (χ0n) is 11.3. The van der Waals surface area contributed by atoms with E-state index in [-0.39, 0.29) is 0 Å². The number of methoxy groups -OCH3 is 1. The van der Waals surface area contributed by atoms with E-state index in [4.69, 9.17) is 9.47 Å². The average molecular weight is 265 g/mol. The zero-order valence-corrected chi connectivity index (χ0v) is 11.3. The molecule has 0 aromatic carbocycles. The normalized spacial score (nSPS) is 18.3. The third-order valence-electron chi connectivity index (χ3n) is 3.10. The lowest BCUT2D eigenvalue weighted by Gasteiger charge is -2.12. The van der Waals surface area contributed by atoms with Crippen molar-refractivity contribution < 1.29 is 14.3 Å². The fourth-order valence-electron chi connectivity index (χ4n) is 2.09. The summed E-state index contributed by atoms with van der Waals surface area (Å²) < 4.78 is 10.3. The minimum atomic E-state index is -0.431. The van der Waals surface area contributed by atoms with Crippen LogP contribution in [0.1, 0.15) is 35.4 Å². The molecule has 2 rings (SSSR count). The van der Waals surface area contributed by atoms with Gasteiger partial charge in [-0.15, -0.1) is 0 Å². The number of hydrogen-bond donors (Lipinski definition) is 1. The highest BCUT2D eigenvalue weighted by Gasteiger charge is 2.17. The monoisotopic (exact) mass is 265 g/mol. The molecule has 19 heavy (non-hydrogen) atoms. The van der Waals surface area contributed by atoms with Crippen molar-refractivity contribution in [3.8, 4) is 0 Å². The first-order chi connectivity index (χ1) is 9.20. The fourth-order valence-corrected chi connectivity index (χ4v) is 2.09. The van der Waals surface area contributed by atoms with Crippen molar-refractivity contribution in [1.82, 2.24) is 9.97 Å². The Hall–Kier alpha value is -1.69. The van der Waals surface area contributed by atoms with Crippen molar-refractivity contribution in [2.45, 2.75) is 32.3 Å². The molecule has 1 N–H and O–H groups in total. The number of rotatable bonds is 5. The third-order valence-corrected chi connectivity index (χ3v) is 3.10. The van der Waals surface area contributed by atoms with Gasteiger partial charge in [-0.2, -0.15) is 0 Å². The van der Waals surface area contributed by atoms with Gasteiger partial charge in [0.15, 0.2) is 0 Å². The molecule has 6 nitrogen and oxygen atoms in total. The molecule has 1 saturated heterocycles. The van der Waals surface area contributed by atoms with Crippen molar-refractivity contribution >= 4 is 11.8 Å². The predicted octanol–water partition coefficient (Wildman–Crippen LogP) is 1.55. The Labute approximate surface area is 112 Å². The van der Waals surface area contributed by atoms with Gasteiger partial charge < -0.3 is 14.8 Å². The number of carbonyl (C=O) groups excluding carboxylic acids is 1. The number of nitrogens with one attached hydrogen (secondary N) is 1. The van der Waals surface area contributed by atoms with Crippen LogP contribution in [0.2, 0.25) is 0 Å². The Morgan fingerprint density at radius 3 is 3.16 bits per heavy atom. The highest BCUT2D eigenvalue weighted by atomic mass is 16.5. The summed E-state index contributed by atoms with van der Waals surface area (Å²) in [7, 11) is 1.35. The molecule has 2 heterocycles. The van der Waals surface area contributed by atoms with Crippen LogP contribution in [0.4, 0.5) is 5.82 Å². The molecule has 0 aliphatic carbocycles. The van der Waals surface area contributed by atoms with E-state index in [1.54, 1.807) is 6.92 Å². The van der Waals surface area contributed by atoms with Gasteiger partial charge in [-0.25, -0.2) is 14.8 Å². The first-order valence-corrected chi connectivity index (χ1v) is 6.48. The molecule has 1 aliphatic rings. The van der Waals surface area contributed by atoms with Crippen LogP contribution in [0.5, 0.6) is 0 Å². The van der Waals surface area contributed by atoms with Gasteiger partial charge >= 0.3 is 5.97 Å². The van der Waals surface area contributed by atoms with Crippen LogP contribution in [0.25, 0.3) is 0 Å². The fraction of sp³-hybridized carbons (Fsp3) is 0.615. The molecule has 0 saturated carbocycles. The Kier molecular flexibility index (Phi) is 4.68. The van der Waals surface area contributed by atoms with E-state index in [0.29, 0.717) is 29.9 Å². The summed E-state index contributed by atoms with van der Waals surface area (Å²) in [5.41, 5.74) is 0.362. The van der Waals surface area contributed by atoms with Crippen LogP contribution in [0.15, 0.2) is 6.20 Å². The average Bonchev–Trinajstić information content (AvgIpc) is 2.91. The lowest BCUT2D eigenvalue weighted by atomic mass is 10.2. The van der Waals surface area contributed by atoms with Gasteiger partial charge in [0.2, 0.25) is 0 Å².